The van der Waals surface area contributed by atoms with E-state index in [0.29, 0.717) is 11.3 Å². The number of nitrogens with zero attached hydrogens (tertiary/aromatic N) is 1. The molecule has 0 fully saturated rings. The molecule has 1 N–H and O–H groups in total. The van der Waals surface area contributed by atoms with E-state index < -0.39 is 11.5 Å². The summed E-state index contributed by atoms with van der Waals surface area (Å²) in [6, 6.07) is 8.51. The maximum Gasteiger partial charge on any atom is 0.348 e. The number of nitrogens with one attached hydrogen (secondary N) is 1. The monoisotopic (exact) mass is 284 g/mol. The highest BCUT2D eigenvalue weighted by Crippen LogP contribution is 2.19. The van der Waals surface area contributed by atoms with Crippen molar-refractivity contribution in [2.45, 2.75) is 0 Å². The van der Waals surface area contributed by atoms with E-state index in [4.69, 9.17) is 10.00 Å². The minimum atomic E-state index is -0.785. The number of carbonyl (C=O) groups excluding carboxylic acids is 1. The van der Waals surface area contributed by atoms with Crippen molar-refractivity contribution >= 4 is 22.9 Å². The van der Waals surface area contributed by atoms with Gasteiger partial charge in [-0.05, 0) is 29.7 Å². The Kier molecular flexibility index (Phi) is 4.05. The van der Waals surface area contributed by atoms with Crippen molar-refractivity contribution in [3.05, 3.63) is 45.8 Å². The number of esters is 1. The first-order valence-corrected chi connectivity index (χ1v) is 6.00. The van der Waals surface area contributed by atoms with Crippen molar-refractivity contribution in [1.82, 2.24) is 4.98 Å². The Morgan fingerprint density at radius 2 is 2.10 bits per heavy atom. The van der Waals surface area contributed by atoms with E-state index in [1.165, 1.54) is 20.3 Å². The maximum atomic E-state index is 12.0. The molecule has 0 amide bonds. The number of H-pyrrole nitrogens is 1. The van der Waals surface area contributed by atoms with Crippen LogP contribution in [-0.2, 0) is 9.53 Å². The van der Waals surface area contributed by atoms with Gasteiger partial charge in [0.05, 0.1) is 19.7 Å². The zero-order chi connectivity index (χ0) is 15.4. The normalized spacial score (nSPS) is 11.0. The number of benzene rings is 1. The summed E-state index contributed by atoms with van der Waals surface area (Å²) >= 11 is 0. The number of ether oxygens (including phenoxy) is 2. The van der Waals surface area contributed by atoms with Crippen molar-refractivity contribution in [1.29, 1.82) is 5.26 Å². The lowest BCUT2D eigenvalue weighted by Crippen LogP contribution is -2.11. The molecule has 6 nitrogen and oxygen atoms in total. The number of pyridine rings is 1. The average molecular weight is 284 g/mol. The first-order chi connectivity index (χ1) is 10.1. The standard InChI is InChI=1S/C15H12N2O4/c1-20-12-4-3-9-5-10(14(18)17-13(9)7-12)6-11(8-16)15(19)21-2/h3-7H,1-2H3,(H,17,18)/b11-6+. The van der Waals surface area contributed by atoms with E-state index >= 15 is 0 Å². The van der Waals surface area contributed by atoms with Gasteiger partial charge in [-0.25, -0.2) is 4.79 Å². The second-order valence-electron chi connectivity index (χ2n) is 4.17. The summed E-state index contributed by atoms with van der Waals surface area (Å²) < 4.78 is 9.56. The molecule has 0 radical (unpaired) electrons. The van der Waals surface area contributed by atoms with Crippen molar-refractivity contribution in [3.8, 4) is 11.8 Å². The second-order valence-corrected chi connectivity index (χ2v) is 4.17. The van der Waals surface area contributed by atoms with Crippen LogP contribution in [0.2, 0.25) is 0 Å². The molecule has 6 heteroatoms. The van der Waals surface area contributed by atoms with Gasteiger partial charge in [0.15, 0.2) is 0 Å². The van der Waals surface area contributed by atoms with E-state index in [9.17, 15) is 9.59 Å². The molecule has 1 aromatic heterocycles. The van der Waals surface area contributed by atoms with E-state index in [1.54, 1.807) is 30.3 Å². The van der Waals surface area contributed by atoms with Crippen molar-refractivity contribution in [2.75, 3.05) is 14.2 Å². The molecule has 0 spiro atoms. The Morgan fingerprint density at radius 1 is 1.33 bits per heavy atom. The molecular weight excluding hydrogens is 272 g/mol. The van der Waals surface area contributed by atoms with Crippen LogP contribution < -0.4 is 10.3 Å². The van der Waals surface area contributed by atoms with Gasteiger partial charge in [-0.15, -0.1) is 0 Å². The Bertz CT molecular complexity index is 828. The highest BCUT2D eigenvalue weighted by atomic mass is 16.5. The third-order valence-corrected chi connectivity index (χ3v) is 2.91. The lowest BCUT2D eigenvalue weighted by molar-refractivity contribution is -0.135. The van der Waals surface area contributed by atoms with Gasteiger partial charge in [0, 0.05) is 11.6 Å². The number of aromatic nitrogens is 1. The van der Waals surface area contributed by atoms with Gasteiger partial charge in [-0.3, -0.25) is 4.79 Å². The molecule has 0 aliphatic rings. The summed E-state index contributed by atoms with van der Waals surface area (Å²) in [6.45, 7) is 0. The molecule has 0 bridgehead atoms. The average Bonchev–Trinajstić information content (AvgIpc) is 2.51. The smallest absolute Gasteiger partial charge is 0.348 e. The molecule has 21 heavy (non-hydrogen) atoms. The third kappa shape index (κ3) is 2.92. The minimum Gasteiger partial charge on any atom is -0.497 e. The maximum absolute atomic E-state index is 12.0. The van der Waals surface area contributed by atoms with E-state index in [-0.39, 0.29) is 11.1 Å². The van der Waals surface area contributed by atoms with Gasteiger partial charge in [-0.2, -0.15) is 5.26 Å². The Labute approximate surface area is 120 Å². The van der Waals surface area contributed by atoms with Crippen molar-refractivity contribution < 1.29 is 14.3 Å². The van der Waals surface area contributed by atoms with Crippen LogP contribution in [0.5, 0.6) is 5.75 Å². The topological polar surface area (TPSA) is 92.2 Å². The molecule has 2 rings (SSSR count). The summed E-state index contributed by atoms with van der Waals surface area (Å²) in [5.41, 5.74) is 0.158. The number of fused-ring (bicyclic) bond motifs is 1. The number of hydrogen-bond acceptors (Lipinski definition) is 5. The molecule has 0 unspecified atom stereocenters. The lowest BCUT2D eigenvalue weighted by Gasteiger charge is -2.03. The van der Waals surface area contributed by atoms with Crippen LogP contribution in [0, 0.1) is 11.3 Å². The molecule has 0 aliphatic heterocycles. The predicted octanol–water partition coefficient (Wildman–Crippen LogP) is 1.62. The molecule has 0 atom stereocenters. The Balaban J connectivity index is 2.59. The SMILES string of the molecule is COC(=O)/C(C#N)=C/c1cc2ccc(OC)cc2[nH]c1=O. The zero-order valence-electron chi connectivity index (χ0n) is 11.5. The van der Waals surface area contributed by atoms with Crippen LogP contribution in [0.1, 0.15) is 5.56 Å². The first-order valence-electron chi connectivity index (χ1n) is 6.00. The number of hydrogen-bond donors (Lipinski definition) is 1. The molecule has 1 aromatic carbocycles. The van der Waals surface area contributed by atoms with E-state index in [1.807, 2.05) is 0 Å². The molecule has 1 heterocycles. The predicted molar refractivity (Wildman–Crippen MR) is 76.7 cm³/mol. The number of methoxy groups -OCH3 is 2. The van der Waals surface area contributed by atoms with Crippen LogP contribution in [0.4, 0.5) is 0 Å². The number of rotatable bonds is 3. The summed E-state index contributed by atoms with van der Waals surface area (Å²) in [7, 11) is 2.70. The van der Waals surface area contributed by atoms with Gasteiger partial charge in [0.2, 0.25) is 0 Å². The fourth-order valence-electron chi connectivity index (χ4n) is 1.83. The van der Waals surface area contributed by atoms with Gasteiger partial charge in [0.25, 0.3) is 5.56 Å². The molecule has 0 saturated heterocycles. The molecular formula is C15H12N2O4. The third-order valence-electron chi connectivity index (χ3n) is 2.91. The fraction of sp³-hybridized carbons (Fsp3) is 0.133. The first kappa shape index (κ1) is 14.3. The van der Waals surface area contributed by atoms with Gasteiger partial charge < -0.3 is 14.5 Å². The van der Waals surface area contributed by atoms with Crippen LogP contribution >= 0.6 is 0 Å². The Hall–Kier alpha value is -3.07. The summed E-state index contributed by atoms with van der Waals surface area (Å²) in [5, 5.41) is 9.67. The summed E-state index contributed by atoms with van der Waals surface area (Å²) in [6.07, 6.45) is 1.20. The molecule has 0 saturated carbocycles. The fourth-order valence-corrected chi connectivity index (χ4v) is 1.83. The van der Waals surface area contributed by atoms with Crippen molar-refractivity contribution in [3.63, 3.8) is 0 Å². The summed E-state index contributed by atoms with van der Waals surface area (Å²) in [4.78, 5) is 26.0. The summed E-state index contributed by atoms with van der Waals surface area (Å²) in [5.74, 6) is -0.166. The zero-order valence-corrected chi connectivity index (χ0v) is 11.5. The number of nitriles is 1. The largest absolute Gasteiger partial charge is 0.497 e. The minimum absolute atomic E-state index is 0.203. The number of aromatic amines is 1. The molecule has 2 aromatic rings. The molecule has 106 valence electrons. The van der Waals surface area contributed by atoms with Crippen LogP contribution in [0.15, 0.2) is 34.6 Å². The quantitative estimate of drug-likeness (QED) is 0.525. The number of carbonyl (C=O) groups is 1. The van der Waals surface area contributed by atoms with Crippen LogP contribution in [0.25, 0.3) is 17.0 Å². The van der Waals surface area contributed by atoms with Gasteiger partial charge >= 0.3 is 5.97 Å². The molecule has 0 aliphatic carbocycles. The van der Waals surface area contributed by atoms with Gasteiger partial charge in [0.1, 0.15) is 17.4 Å². The van der Waals surface area contributed by atoms with Crippen LogP contribution in [-0.4, -0.2) is 25.2 Å². The lowest BCUT2D eigenvalue weighted by atomic mass is 10.1. The highest BCUT2D eigenvalue weighted by Gasteiger charge is 2.10. The van der Waals surface area contributed by atoms with Crippen LogP contribution in [0.3, 0.4) is 0 Å². The van der Waals surface area contributed by atoms with Gasteiger partial charge in [-0.1, -0.05) is 0 Å². The van der Waals surface area contributed by atoms with E-state index in [0.717, 1.165) is 5.39 Å². The Morgan fingerprint density at radius 3 is 2.71 bits per heavy atom. The van der Waals surface area contributed by atoms with E-state index in [2.05, 4.69) is 9.72 Å². The highest BCUT2D eigenvalue weighted by molar-refractivity contribution is 5.98. The van der Waals surface area contributed by atoms with Crippen molar-refractivity contribution in [2.24, 2.45) is 0 Å². The second kappa shape index (κ2) is 5.92.